The van der Waals surface area contributed by atoms with E-state index in [-0.39, 0.29) is 0 Å². The summed E-state index contributed by atoms with van der Waals surface area (Å²) in [5.41, 5.74) is 1.10. The molecule has 20 heavy (non-hydrogen) atoms. The maximum absolute atomic E-state index is 5.21. The highest BCUT2D eigenvalue weighted by atomic mass is 16.5. The number of rotatable bonds is 7. The molecule has 2 rings (SSSR count). The molecule has 1 fully saturated rings. The predicted molar refractivity (Wildman–Crippen MR) is 82.0 cm³/mol. The number of aromatic nitrogens is 1. The first-order valence-corrected chi connectivity index (χ1v) is 7.74. The van der Waals surface area contributed by atoms with Crippen molar-refractivity contribution in [2.45, 2.75) is 32.7 Å². The zero-order chi connectivity index (χ0) is 14.2. The Morgan fingerprint density at radius 2 is 2.35 bits per heavy atom. The summed E-state index contributed by atoms with van der Waals surface area (Å²) in [6, 6.07) is 6.01. The van der Waals surface area contributed by atoms with Crippen LogP contribution < -0.4 is 10.1 Å². The average molecular weight is 277 g/mol. The maximum Gasteiger partial charge on any atom is 0.213 e. The molecule has 1 aliphatic heterocycles. The third kappa shape index (κ3) is 4.76. The minimum absolute atomic E-state index is 0.707. The number of piperidine rings is 1. The van der Waals surface area contributed by atoms with Crippen molar-refractivity contribution in [1.29, 1.82) is 0 Å². The molecule has 112 valence electrons. The molecule has 4 nitrogen and oxygen atoms in total. The SMILES string of the molecule is CCCN(Cc1cccc(OC)n1)CC1CCCNC1. The van der Waals surface area contributed by atoms with Gasteiger partial charge >= 0.3 is 0 Å². The van der Waals surface area contributed by atoms with Crippen molar-refractivity contribution in [3.63, 3.8) is 0 Å². The van der Waals surface area contributed by atoms with Crippen LogP contribution in [0.5, 0.6) is 5.88 Å². The smallest absolute Gasteiger partial charge is 0.213 e. The van der Waals surface area contributed by atoms with Gasteiger partial charge in [-0.15, -0.1) is 0 Å². The lowest BCUT2D eigenvalue weighted by Crippen LogP contribution is -2.38. The largest absolute Gasteiger partial charge is 0.481 e. The fraction of sp³-hybridized carbons (Fsp3) is 0.688. The van der Waals surface area contributed by atoms with Gasteiger partial charge in [0, 0.05) is 19.2 Å². The van der Waals surface area contributed by atoms with Crippen LogP contribution in [0.4, 0.5) is 0 Å². The number of hydrogen-bond acceptors (Lipinski definition) is 4. The molecule has 0 aliphatic carbocycles. The van der Waals surface area contributed by atoms with Gasteiger partial charge in [-0.05, 0) is 50.9 Å². The molecule has 1 saturated heterocycles. The molecule has 1 atom stereocenters. The van der Waals surface area contributed by atoms with Gasteiger partial charge in [0.25, 0.3) is 0 Å². The van der Waals surface area contributed by atoms with Crippen molar-refractivity contribution < 1.29 is 4.74 Å². The minimum atomic E-state index is 0.707. The van der Waals surface area contributed by atoms with Crippen molar-refractivity contribution in [3.05, 3.63) is 23.9 Å². The molecular formula is C16H27N3O. The van der Waals surface area contributed by atoms with Crippen molar-refractivity contribution in [2.75, 3.05) is 33.3 Å². The first-order chi connectivity index (χ1) is 9.81. The van der Waals surface area contributed by atoms with E-state index < -0.39 is 0 Å². The number of ether oxygens (including phenoxy) is 1. The minimum Gasteiger partial charge on any atom is -0.481 e. The van der Waals surface area contributed by atoms with Gasteiger partial charge in [-0.3, -0.25) is 4.90 Å². The number of hydrogen-bond donors (Lipinski definition) is 1. The fourth-order valence-electron chi connectivity index (χ4n) is 2.88. The highest BCUT2D eigenvalue weighted by molar-refractivity contribution is 5.15. The van der Waals surface area contributed by atoms with Crippen LogP contribution >= 0.6 is 0 Å². The Morgan fingerprint density at radius 1 is 1.45 bits per heavy atom. The van der Waals surface area contributed by atoms with Gasteiger partial charge in [-0.2, -0.15) is 0 Å². The molecule has 0 radical (unpaired) electrons. The molecular weight excluding hydrogens is 250 g/mol. The maximum atomic E-state index is 5.21. The summed E-state index contributed by atoms with van der Waals surface area (Å²) in [5.74, 6) is 1.49. The van der Waals surface area contributed by atoms with Crippen molar-refractivity contribution in [1.82, 2.24) is 15.2 Å². The molecule has 0 bridgehead atoms. The highest BCUT2D eigenvalue weighted by Gasteiger charge is 2.17. The van der Waals surface area contributed by atoms with E-state index in [1.54, 1.807) is 7.11 Å². The van der Waals surface area contributed by atoms with E-state index in [1.165, 1.54) is 32.4 Å². The first kappa shape index (κ1) is 15.3. The third-order valence-electron chi connectivity index (χ3n) is 3.83. The molecule has 0 amide bonds. The summed E-state index contributed by atoms with van der Waals surface area (Å²) in [7, 11) is 1.67. The van der Waals surface area contributed by atoms with Crippen LogP contribution in [0.3, 0.4) is 0 Å². The molecule has 1 unspecified atom stereocenters. The van der Waals surface area contributed by atoms with E-state index in [2.05, 4.69) is 28.2 Å². The highest BCUT2D eigenvalue weighted by Crippen LogP contribution is 2.15. The second-order valence-electron chi connectivity index (χ2n) is 5.62. The van der Waals surface area contributed by atoms with Gasteiger partial charge in [0.15, 0.2) is 0 Å². The zero-order valence-corrected chi connectivity index (χ0v) is 12.8. The van der Waals surface area contributed by atoms with Crippen LogP contribution in [-0.4, -0.2) is 43.2 Å². The quantitative estimate of drug-likeness (QED) is 0.830. The van der Waals surface area contributed by atoms with Gasteiger partial charge < -0.3 is 10.1 Å². The normalized spacial score (nSPS) is 19.2. The lowest BCUT2D eigenvalue weighted by Gasteiger charge is -2.29. The monoisotopic (exact) mass is 277 g/mol. The molecule has 0 aromatic carbocycles. The van der Waals surface area contributed by atoms with Crippen LogP contribution in [0.2, 0.25) is 0 Å². The molecule has 4 heteroatoms. The topological polar surface area (TPSA) is 37.4 Å². The van der Waals surface area contributed by atoms with Gasteiger partial charge in [0.2, 0.25) is 5.88 Å². The Balaban J connectivity index is 1.93. The molecule has 0 saturated carbocycles. The van der Waals surface area contributed by atoms with E-state index in [4.69, 9.17) is 4.74 Å². The van der Waals surface area contributed by atoms with Gasteiger partial charge in [0.1, 0.15) is 0 Å². The summed E-state index contributed by atoms with van der Waals surface area (Å²) in [6.45, 7) is 7.80. The van der Waals surface area contributed by atoms with Crippen molar-refractivity contribution in [2.24, 2.45) is 5.92 Å². The Morgan fingerprint density at radius 3 is 3.05 bits per heavy atom. The molecule has 0 spiro atoms. The Kier molecular flexibility index (Phi) is 6.27. The van der Waals surface area contributed by atoms with Crippen LogP contribution in [0, 0.1) is 5.92 Å². The van der Waals surface area contributed by atoms with Crippen LogP contribution in [0.25, 0.3) is 0 Å². The van der Waals surface area contributed by atoms with Crippen LogP contribution in [-0.2, 0) is 6.54 Å². The summed E-state index contributed by atoms with van der Waals surface area (Å²) in [5, 5.41) is 3.50. The molecule has 1 aliphatic rings. The number of nitrogens with one attached hydrogen (secondary N) is 1. The third-order valence-corrected chi connectivity index (χ3v) is 3.83. The van der Waals surface area contributed by atoms with Crippen LogP contribution in [0.15, 0.2) is 18.2 Å². The summed E-state index contributed by atoms with van der Waals surface area (Å²) >= 11 is 0. The summed E-state index contributed by atoms with van der Waals surface area (Å²) < 4.78 is 5.21. The predicted octanol–water partition coefficient (Wildman–Crippen LogP) is 2.30. The van der Waals surface area contributed by atoms with Crippen molar-refractivity contribution >= 4 is 0 Å². The Labute approximate surface area is 122 Å². The molecule has 1 N–H and O–H groups in total. The van der Waals surface area contributed by atoms with Gasteiger partial charge in [0.05, 0.1) is 12.8 Å². The Bertz CT molecular complexity index is 391. The second kappa shape index (κ2) is 8.22. The van der Waals surface area contributed by atoms with E-state index in [0.29, 0.717) is 5.88 Å². The lowest BCUT2D eigenvalue weighted by molar-refractivity contribution is 0.199. The summed E-state index contributed by atoms with van der Waals surface area (Å²) in [6.07, 6.45) is 3.84. The van der Waals surface area contributed by atoms with E-state index in [9.17, 15) is 0 Å². The van der Waals surface area contributed by atoms with E-state index in [0.717, 1.165) is 31.2 Å². The van der Waals surface area contributed by atoms with E-state index >= 15 is 0 Å². The molecule has 2 heterocycles. The number of nitrogens with zero attached hydrogens (tertiary/aromatic N) is 2. The van der Waals surface area contributed by atoms with E-state index in [1.807, 2.05) is 12.1 Å². The fourth-order valence-corrected chi connectivity index (χ4v) is 2.88. The number of methoxy groups -OCH3 is 1. The van der Waals surface area contributed by atoms with Gasteiger partial charge in [-0.1, -0.05) is 13.0 Å². The Hall–Kier alpha value is -1.13. The summed E-state index contributed by atoms with van der Waals surface area (Å²) in [4.78, 5) is 7.05. The number of pyridine rings is 1. The molecule has 1 aromatic rings. The first-order valence-electron chi connectivity index (χ1n) is 7.74. The lowest BCUT2D eigenvalue weighted by atomic mass is 9.99. The second-order valence-corrected chi connectivity index (χ2v) is 5.62. The molecule has 1 aromatic heterocycles. The average Bonchev–Trinajstić information content (AvgIpc) is 2.49. The van der Waals surface area contributed by atoms with Crippen LogP contribution in [0.1, 0.15) is 31.9 Å². The standard InChI is InChI=1S/C16H27N3O/c1-3-10-19(12-14-6-5-9-17-11-14)13-15-7-4-8-16(18-15)20-2/h4,7-8,14,17H,3,5-6,9-13H2,1-2H3. The van der Waals surface area contributed by atoms with Crippen molar-refractivity contribution in [3.8, 4) is 5.88 Å². The zero-order valence-electron chi connectivity index (χ0n) is 12.8. The van der Waals surface area contributed by atoms with Gasteiger partial charge in [-0.25, -0.2) is 4.98 Å².